The van der Waals surface area contributed by atoms with Gasteiger partial charge in [0.05, 0.1) is 24.1 Å². The predicted octanol–water partition coefficient (Wildman–Crippen LogP) is 4.47. The molecule has 1 atom stereocenters. The van der Waals surface area contributed by atoms with Gasteiger partial charge < -0.3 is 9.72 Å². The summed E-state index contributed by atoms with van der Waals surface area (Å²) in [7, 11) is 1.65. The van der Waals surface area contributed by atoms with Gasteiger partial charge in [-0.25, -0.2) is 4.98 Å². The topological polar surface area (TPSA) is 67.0 Å². The van der Waals surface area contributed by atoms with Crippen molar-refractivity contribution in [3.63, 3.8) is 0 Å². The molecule has 5 heteroatoms. The number of ether oxygens (including phenoxy) is 1. The summed E-state index contributed by atoms with van der Waals surface area (Å²) >= 11 is 0. The van der Waals surface area contributed by atoms with Crippen LogP contribution in [0.1, 0.15) is 18.4 Å². The van der Waals surface area contributed by atoms with Crippen LogP contribution >= 0.6 is 0 Å². The molecular formula is C21H19N3O2. The van der Waals surface area contributed by atoms with Crippen LogP contribution in [0.3, 0.4) is 0 Å². The Hall–Kier alpha value is -3.34. The van der Waals surface area contributed by atoms with Gasteiger partial charge >= 0.3 is 0 Å². The molecule has 0 aliphatic rings. The summed E-state index contributed by atoms with van der Waals surface area (Å²) < 4.78 is 5.25. The molecule has 3 aromatic carbocycles. The summed E-state index contributed by atoms with van der Waals surface area (Å²) in [6.07, 6.45) is 0. The number of benzene rings is 3. The number of nitrogens with one attached hydrogen (secondary N) is 2. The molecule has 0 saturated carbocycles. The maximum absolute atomic E-state index is 12.6. The van der Waals surface area contributed by atoms with Gasteiger partial charge in [0.25, 0.3) is 0 Å². The minimum Gasteiger partial charge on any atom is -0.497 e. The first kappa shape index (κ1) is 16.1. The Labute approximate surface area is 151 Å². The van der Waals surface area contributed by atoms with Gasteiger partial charge in [-0.3, -0.25) is 10.1 Å². The quantitative estimate of drug-likeness (QED) is 0.573. The zero-order valence-electron chi connectivity index (χ0n) is 14.6. The fourth-order valence-electron chi connectivity index (χ4n) is 3.03. The van der Waals surface area contributed by atoms with E-state index in [1.165, 1.54) is 0 Å². The second kappa shape index (κ2) is 6.52. The monoisotopic (exact) mass is 345 g/mol. The summed E-state index contributed by atoms with van der Waals surface area (Å²) in [5, 5.41) is 5.03. The van der Waals surface area contributed by atoms with Crippen molar-refractivity contribution < 1.29 is 9.53 Å². The molecule has 1 heterocycles. The van der Waals surface area contributed by atoms with Gasteiger partial charge in [0.1, 0.15) is 5.75 Å². The Morgan fingerprint density at radius 2 is 1.85 bits per heavy atom. The molecule has 1 aromatic heterocycles. The number of rotatable bonds is 4. The SMILES string of the molecule is COc1ccc2cc([C@H](C)C(=O)Nc3nc4ccccc4[nH]3)ccc2c1. The largest absolute Gasteiger partial charge is 0.497 e. The molecule has 0 bridgehead atoms. The molecule has 5 nitrogen and oxygen atoms in total. The van der Waals surface area contributed by atoms with Gasteiger partial charge in [-0.15, -0.1) is 0 Å². The number of amides is 1. The Kier molecular flexibility index (Phi) is 4.05. The standard InChI is InChI=1S/C21H19N3O2/c1-13(14-7-8-16-12-17(26-2)10-9-15(16)11-14)20(25)24-21-22-18-5-3-4-6-19(18)23-21/h3-13H,1-2H3,(H2,22,23,24,25)/t13-/m0/s1. The first-order valence-electron chi connectivity index (χ1n) is 8.47. The summed E-state index contributed by atoms with van der Waals surface area (Å²) in [5.41, 5.74) is 2.68. The van der Waals surface area contributed by atoms with E-state index in [1.54, 1.807) is 7.11 Å². The number of hydrogen-bond acceptors (Lipinski definition) is 3. The predicted molar refractivity (Wildman–Crippen MR) is 104 cm³/mol. The van der Waals surface area contributed by atoms with Crippen molar-refractivity contribution in [2.75, 3.05) is 12.4 Å². The van der Waals surface area contributed by atoms with Gasteiger partial charge in [-0.05, 0) is 47.5 Å². The summed E-state index contributed by atoms with van der Waals surface area (Å²) in [4.78, 5) is 20.1. The number of aromatic nitrogens is 2. The van der Waals surface area contributed by atoms with Gasteiger partial charge in [0.2, 0.25) is 11.9 Å². The van der Waals surface area contributed by atoms with Crippen molar-refractivity contribution in [2.24, 2.45) is 0 Å². The minimum atomic E-state index is -0.297. The summed E-state index contributed by atoms with van der Waals surface area (Å²) in [6, 6.07) is 19.6. The first-order chi connectivity index (χ1) is 12.6. The number of anilines is 1. The van der Waals surface area contributed by atoms with Crippen molar-refractivity contribution in [1.29, 1.82) is 0 Å². The smallest absolute Gasteiger partial charge is 0.233 e. The molecule has 4 aromatic rings. The molecule has 2 N–H and O–H groups in total. The van der Waals surface area contributed by atoms with Crippen LogP contribution in [0.2, 0.25) is 0 Å². The van der Waals surface area contributed by atoms with Crippen LogP contribution in [0, 0.1) is 0 Å². The Morgan fingerprint density at radius 3 is 2.65 bits per heavy atom. The number of para-hydroxylation sites is 2. The number of nitrogens with zero attached hydrogens (tertiary/aromatic N) is 1. The molecule has 130 valence electrons. The van der Waals surface area contributed by atoms with Gasteiger partial charge in [-0.1, -0.05) is 36.4 Å². The van der Waals surface area contributed by atoms with Crippen LogP contribution in [-0.4, -0.2) is 23.0 Å². The van der Waals surface area contributed by atoms with E-state index in [0.717, 1.165) is 33.1 Å². The number of imidazole rings is 1. The second-order valence-corrected chi connectivity index (χ2v) is 6.29. The normalized spacial score (nSPS) is 12.2. The highest BCUT2D eigenvalue weighted by molar-refractivity contribution is 5.96. The van der Waals surface area contributed by atoms with Gasteiger partial charge in [-0.2, -0.15) is 0 Å². The fourth-order valence-corrected chi connectivity index (χ4v) is 3.03. The van der Waals surface area contributed by atoms with E-state index in [0.29, 0.717) is 5.95 Å². The molecule has 0 radical (unpaired) electrons. The molecule has 0 spiro atoms. The number of hydrogen-bond donors (Lipinski definition) is 2. The van der Waals surface area contributed by atoms with E-state index in [1.807, 2.05) is 67.6 Å². The lowest BCUT2D eigenvalue weighted by Gasteiger charge is -2.12. The molecular weight excluding hydrogens is 326 g/mol. The van der Waals surface area contributed by atoms with E-state index in [4.69, 9.17) is 4.74 Å². The average molecular weight is 345 g/mol. The van der Waals surface area contributed by atoms with E-state index in [2.05, 4.69) is 15.3 Å². The van der Waals surface area contributed by atoms with E-state index in [9.17, 15) is 4.79 Å². The lowest BCUT2D eigenvalue weighted by atomic mass is 9.97. The third-order valence-corrected chi connectivity index (χ3v) is 4.60. The van der Waals surface area contributed by atoms with E-state index < -0.39 is 0 Å². The number of carbonyl (C=O) groups excluding carboxylic acids is 1. The van der Waals surface area contributed by atoms with Crippen LogP contribution in [-0.2, 0) is 4.79 Å². The Bertz CT molecular complexity index is 1070. The third kappa shape index (κ3) is 2.99. The number of H-pyrrole nitrogens is 1. The second-order valence-electron chi connectivity index (χ2n) is 6.29. The van der Waals surface area contributed by atoms with Crippen LogP contribution < -0.4 is 10.1 Å². The van der Waals surface area contributed by atoms with Crippen molar-refractivity contribution in [3.05, 3.63) is 66.2 Å². The number of methoxy groups -OCH3 is 1. The Balaban J connectivity index is 1.56. The van der Waals surface area contributed by atoms with Crippen LogP contribution in [0.4, 0.5) is 5.95 Å². The van der Waals surface area contributed by atoms with Gasteiger partial charge in [0.15, 0.2) is 0 Å². The van der Waals surface area contributed by atoms with Crippen molar-refractivity contribution >= 4 is 33.7 Å². The van der Waals surface area contributed by atoms with E-state index in [-0.39, 0.29) is 11.8 Å². The zero-order valence-corrected chi connectivity index (χ0v) is 14.6. The number of aromatic amines is 1. The van der Waals surface area contributed by atoms with Crippen LogP contribution in [0.15, 0.2) is 60.7 Å². The first-order valence-corrected chi connectivity index (χ1v) is 8.47. The van der Waals surface area contributed by atoms with Gasteiger partial charge in [0, 0.05) is 0 Å². The Morgan fingerprint density at radius 1 is 1.08 bits per heavy atom. The minimum absolute atomic E-state index is 0.100. The summed E-state index contributed by atoms with van der Waals surface area (Å²) in [5.74, 6) is 0.890. The van der Waals surface area contributed by atoms with Crippen LogP contribution in [0.25, 0.3) is 21.8 Å². The lowest BCUT2D eigenvalue weighted by molar-refractivity contribution is -0.117. The average Bonchev–Trinajstić information content (AvgIpc) is 3.08. The third-order valence-electron chi connectivity index (χ3n) is 4.60. The molecule has 0 saturated heterocycles. The molecule has 0 unspecified atom stereocenters. The highest BCUT2D eigenvalue weighted by atomic mass is 16.5. The summed E-state index contributed by atoms with van der Waals surface area (Å²) in [6.45, 7) is 1.89. The number of fused-ring (bicyclic) bond motifs is 2. The number of carbonyl (C=O) groups is 1. The highest BCUT2D eigenvalue weighted by Crippen LogP contribution is 2.26. The molecule has 0 fully saturated rings. The van der Waals surface area contributed by atoms with E-state index >= 15 is 0 Å². The van der Waals surface area contributed by atoms with Crippen LogP contribution in [0.5, 0.6) is 5.75 Å². The fraction of sp³-hybridized carbons (Fsp3) is 0.143. The van der Waals surface area contributed by atoms with Crippen molar-refractivity contribution in [1.82, 2.24) is 9.97 Å². The maximum atomic E-state index is 12.6. The zero-order chi connectivity index (χ0) is 18.1. The maximum Gasteiger partial charge on any atom is 0.233 e. The lowest BCUT2D eigenvalue weighted by Crippen LogP contribution is -2.19. The molecule has 4 rings (SSSR count). The molecule has 0 aliphatic heterocycles. The van der Waals surface area contributed by atoms with Crippen molar-refractivity contribution in [3.8, 4) is 5.75 Å². The molecule has 1 amide bonds. The molecule has 26 heavy (non-hydrogen) atoms. The van der Waals surface area contributed by atoms with Crippen molar-refractivity contribution in [2.45, 2.75) is 12.8 Å². The highest BCUT2D eigenvalue weighted by Gasteiger charge is 2.17. The molecule has 0 aliphatic carbocycles.